The Bertz CT molecular complexity index is 779. The molecule has 1 amide bonds. The molecule has 0 fully saturated rings. The zero-order chi connectivity index (χ0) is 20.2. The van der Waals surface area contributed by atoms with Crippen LogP contribution in [0.3, 0.4) is 0 Å². The van der Waals surface area contributed by atoms with Gasteiger partial charge in [0.15, 0.2) is 0 Å². The lowest BCUT2D eigenvalue weighted by molar-refractivity contribution is -0.140. The summed E-state index contributed by atoms with van der Waals surface area (Å²) in [5.74, 6) is -1.55. The average Bonchev–Trinajstić information content (AvgIpc) is 2.62. The number of benzene rings is 1. The smallest absolute Gasteiger partial charge is 0.416 e. The fraction of sp³-hybridized carbons (Fsp3) is 0.300. The second-order valence-electron chi connectivity index (χ2n) is 6.06. The maximum absolute atomic E-state index is 12.8. The number of alkyl halides is 3. The van der Waals surface area contributed by atoms with Crippen LogP contribution >= 0.6 is 0 Å². The molecule has 2 rings (SSSR count). The molecule has 0 aromatic heterocycles. The number of halogens is 3. The molecule has 0 radical (unpaired) electrons. The second-order valence-corrected chi connectivity index (χ2v) is 6.06. The van der Waals surface area contributed by atoms with Crippen LogP contribution in [-0.2, 0) is 20.5 Å². The maximum Gasteiger partial charge on any atom is 0.416 e. The Morgan fingerprint density at radius 2 is 1.89 bits per heavy atom. The van der Waals surface area contributed by atoms with Crippen molar-refractivity contribution in [3.63, 3.8) is 0 Å². The number of nitrogens with zero attached hydrogens (tertiary/aromatic N) is 1. The topological polar surface area (TPSA) is 46.6 Å². The molecule has 7 heteroatoms. The van der Waals surface area contributed by atoms with Crippen molar-refractivity contribution in [1.82, 2.24) is 4.90 Å². The van der Waals surface area contributed by atoms with Gasteiger partial charge in [-0.15, -0.1) is 6.58 Å². The van der Waals surface area contributed by atoms with Crippen molar-refractivity contribution in [2.24, 2.45) is 0 Å². The van der Waals surface area contributed by atoms with Crippen LogP contribution in [0.5, 0.6) is 0 Å². The van der Waals surface area contributed by atoms with E-state index < -0.39 is 23.6 Å². The summed E-state index contributed by atoms with van der Waals surface area (Å²) in [6.45, 7) is 8.91. The van der Waals surface area contributed by atoms with Gasteiger partial charge in [0.2, 0.25) is 5.91 Å². The van der Waals surface area contributed by atoms with Crippen molar-refractivity contribution in [2.45, 2.75) is 25.4 Å². The van der Waals surface area contributed by atoms with Crippen molar-refractivity contribution in [3.05, 3.63) is 72.0 Å². The standard InChI is InChI=1S/C20H20F3NO3/c1-4-10-24-13(3)18(19(26)27-11-5-2)16(12-17(24)25)14-6-8-15(9-7-14)20(21,22)23/h4-9,16H,1-2,10-12H2,3H3. The minimum atomic E-state index is -4.46. The third-order valence-corrected chi connectivity index (χ3v) is 4.33. The molecule has 27 heavy (non-hydrogen) atoms. The van der Waals surface area contributed by atoms with Gasteiger partial charge in [0, 0.05) is 24.6 Å². The monoisotopic (exact) mass is 379 g/mol. The van der Waals surface area contributed by atoms with Crippen molar-refractivity contribution in [2.75, 3.05) is 13.2 Å². The first-order valence-corrected chi connectivity index (χ1v) is 8.27. The van der Waals surface area contributed by atoms with E-state index >= 15 is 0 Å². The Morgan fingerprint density at radius 1 is 1.26 bits per heavy atom. The lowest BCUT2D eigenvalue weighted by atomic mass is 9.83. The summed E-state index contributed by atoms with van der Waals surface area (Å²) in [6, 6.07) is 4.46. The zero-order valence-electron chi connectivity index (χ0n) is 14.9. The Kier molecular flexibility index (Phi) is 6.25. The second kappa shape index (κ2) is 8.24. The van der Waals surface area contributed by atoms with Gasteiger partial charge in [-0.1, -0.05) is 30.9 Å². The van der Waals surface area contributed by atoms with Crippen LogP contribution in [0.1, 0.15) is 30.4 Å². The molecule has 1 heterocycles. The van der Waals surface area contributed by atoms with Crippen LogP contribution < -0.4 is 0 Å². The molecule has 1 aromatic carbocycles. The molecule has 1 aliphatic rings. The SMILES string of the molecule is C=CCOC(=O)C1=C(C)N(CC=C)C(=O)CC1c1ccc(C(F)(F)F)cc1. The zero-order valence-corrected chi connectivity index (χ0v) is 14.9. The van der Waals surface area contributed by atoms with Crippen LogP contribution in [0, 0.1) is 0 Å². The number of allylic oxidation sites excluding steroid dienone is 1. The number of rotatable bonds is 6. The number of ether oxygens (including phenoxy) is 1. The molecule has 0 N–H and O–H groups in total. The van der Waals surface area contributed by atoms with Crippen LogP contribution in [0.15, 0.2) is 60.8 Å². The quantitative estimate of drug-likeness (QED) is 0.549. The Morgan fingerprint density at radius 3 is 2.41 bits per heavy atom. The summed E-state index contributed by atoms with van der Waals surface area (Å²) in [6.07, 6.45) is -1.56. The largest absolute Gasteiger partial charge is 0.458 e. The number of esters is 1. The molecule has 1 aromatic rings. The predicted octanol–water partition coefficient (Wildman–Crippen LogP) is 4.21. The van der Waals surface area contributed by atoms with Gasteiger partial charge in [0.25, 0.3) is 0 Å². The third kappa shape index (κ3) is 4.48. The minimum absolute atomic E-state index is 0.00918. The summed E-state index contributed by atoms with van der Waals surface area (Å²) in [5, 5.41) is 0. The highest BCUT2D eigenvalue weighted by atomic mass is 19.4. The van der Waals surface area contributed by atoms with E-state index in [2.05, 4.69) is 13.2 Å². The van der Waals surface area contributed by atoms with E-state index in [1.807, 2.05) is 0 Å². The first-order chi connectivity index (χ1) is 12.7. The van der Waals surface area contributed by atoms with Gasteiger partial charge < -0.3 is 9.64 Å². The highest BCUT2D eigenvalue weighted by Gasteiger charge is 2.37. The van der Waals surface area contributed by atoms with Gasteiger partial charge in [-0.25, -0.2) is 4.79 Å². The van der Waals surface area contributed by atoms with Crippen LogP contribution in [0.2, 0.25) is 0 Å². The molecule has 144 valence electrons. The van der Waals surface area contributed by atoms with Gasteiger partial charge in [0.05, 0.1) is 11.1 Å². The molecule has 0 saturated heterocycles. The molecule has 0 aliphatic carbocycles. The Labute approximate surface area is 155 Å². The number of hydrogen-bond donors (Lipinski definition) is 0. The molecule has 0 bridgehead atoms. The molecule has 0 saturated carbocycles. The van der Waals surface area contributed by atoms with Crippen molar-refractivity contribution >= 4 is 11.9 Å². The fourth-order valence-corrected chi connectivity index (χ4v) is 3.03. The summed E-state index contributed by atoms with van der Waals surface area (Å²) in [7, 11) is 0. The highest BCUT2D eigenvalue weighted by molar-refractivity contribution is 5.96. The van der Waals surface area contributed by atoms with E-state index in [0.29, 0.717) is 11.3 Å². The van der Waals surface area contributed by atoms with E-state index in [1.54, 1.807) is 6.92 Å². The van der Waals surface area contributed by atoms with Gasteiger partial charge in [-0.3, -0.25) is 4.79 Å². The summed E-state index contributed by atoms with van der Waals surface area (Å²) < 4.78 is 43.5. The molecule has 0 spiro atoms. The number of hydrogen-bond acceptors (Lipinski definition) is 3. The predicted molar refractivity (Wildman–Crippen MR) is 94.6 cm³/mol. The van der Waals surface area contributed by atoms with E-state index in [9.17, 15) is 22.8 Å². The molecule has 1 aliphatic heterocycles. The number of amides is 1. The normalized spacial score (nSPS) is 17.7. The fourth-order valence-electron chi connectivity index (χ4n) is 3.03. The highest BCUT2D eigenvalue weighted by Crippen LogP contribution is 2.38. The first kappa shape index (κ1) is 20.5. The lowest BCUT2D eigenvalue weighted by Crippen LogP contribution is -2.38. The van der Waals surface area contributed by atoms with Gasteiger partial charge in [-0.05, 0) is 24.6 Å². The van der Waals surface area contributed by atoms with E-state index in [4.69, 9.17) is 4.74 Å². The van der Waals surface area contributed by atoms with Crippen molar-refractivity contribution in [1.29, 1.82) is 0 Å². The number of carbonyl (C=O) groups excluding carboxylic acids is 2. The minimum Gasteiger partial charge on any atom is -0.458 e. The van der Waals surface area contributed by atoms with Crippen LogP contribution in [0.4, 0.5) is 13.2 Å². The maximum atomic E-state index is 12.8. The summed E-state index contributed by atoms with van der Waals surface area (Å²) >= 11 is 0. The van der Waals surface area contributed by atoms with Crippen molar-refractivity contribution in [3.8, 4) is 0 Å². The molecular weight excluding hydrogens is 359 g/mol. The molecular formula is C20H20F3NO3. The Balaban J connectivity index is 2.48. The molecule has 1 atom stereocenters. The van der Waals surface area contributed by atoms with E-state index in [1.165, 1.54) is 29.2 Å². The molecule has 4 nitrogen and oxygen atoms in total. The van der Waals surface area contributed by atoms with Crippen molar-refractivity contribution < 1.29 is 27.5 Å². The summed E-state index contributed by atoms with van der Waals surface area (Å²) in [4.78, 5) is 26.5. The van der Waals surface area contributed by atoms with Gasteiger partial charge >= 0.3 is 12.1 Å². The molecule has 1 unspecified atom stereocenters. The average molecular weight is 379 g/mol. The van der Waals surface area contributed by atoms with Gasteiger partial charge in [0.1, 0.15) is 6.61 Å². The van der Waals surface area contributed by atoms with Gasteiger partial charge in [-0.2, -0.15) is 13.2 Å². The lowest BCUT2D eigenvalue weighted by Gasteiger charge is -2.34. The van der Waals surface area contributed by atoms with E-state index in [-0.39, 0.29) is 31.1 Å². The van der Waals surface area contributed by atoms with E-state index in [0.717, 1.165) is 12.1 Å². The Hall–Kier alpha value is -2.83. The van der Waals surface area contributed by atoms with Crippen LogP contribution in [-0.4, -0.2) is 29.9 Å². The van der Waals surface area contributed by atoms with Crippen LogP contribution in [0.25, 0.3) is 0 Å². The number of carbonyl (C=O) groups is 2. The summed E-state index contributed by atoms with van der Waals surface area (Å²) in [5.41, 5.74) is 0.306. The first-order valence-electron chi connectivity index (χ1n) is 8.27. The third-order valence-electron chi connectivity index (χ3n) is 4.33.